The maximum Gasteiger partial charge on any atom is 0.261 e. The van der Waals surface area contributed by atoms with Gasteiger partial charge in [0.15, 0.2) is 0 Å². The van der Waals surface area contributed by atoms with Crippen molar-refractivity contribution in [2.75, 3.05) is 4.72 Å². The summed E-state index contributed by atoms with van der Waals surface area (Å²) in [5.74, 6) is 0. The second-order valence-corrected chi connectivity index (χ2v) is 9.37. The summed E-state index contributed by atoms with van der Waals surface area (Å²) in [6, 6.07) is 11.2. The summed E-state index contributed by atoms with van der Waals surface area (Å²) in [4.78, 5) is 3.83. The van der Waals surface area contributed by atoms with Crippen LogP contribution in [0, 0.1) is 13.8 Å². The van der Waals surface area contributed by atoms with Crippen molar-refractivity contribution in [1.82, 2.24) is 4.98 Å². The number of hydrogen-bond acceptors (Lipinski definition) is 2. The fourth-order valence-electron chi connectivity index (χ4n) is 4.15. The lowest BCUT2D eigenvalue weighted by Crippen LogP contribution is -2.13. The Labute approximate surface area is 161 Å². The number of hydrogen-bond donors (Lipinski definition) is 2. The monoisotopic (exact) mass is 382 g/mol. The van der Waals surface area contributed by atoms with Crippen LogP contribution in [0.1, 0.15) is 48.1 Å². The molecule has 3 aromatic rings. The molecule has 0 bridgehead atoms. The molecule has 0 unspecified atom stereocenters. The van der Waals surface area contributed by atoms with Crippen LogP contribution in [0.3, 0.4) is 0 Å². The second kappa shape index (κ2) is 7.04. The Morgan fingerprint density at radius 3 is 2.33 bits per heavy atom. The van der Waals surface area contributed by atoms with Crippen LogP contribution in [0.4, 0.5) is 5.69 Å². The number of sulfonamides is 1. The number of aromatic amines is 1. The molecule has 0 radical (unpaired) electrons. The summed E-state index contributed by atoms with van der Waals surface area (Å²) in [6.45, 7) is 3.93. The number of nitrogens with one attached hydrogen (secondary N) is 2. The van der Waals surface area contributed by atoms with Gasteiger partial charge in [-0.25, -0.2) is 8.42 Å². The van der Waals surface area contributed by atoms with E-state index in [1.165, 1.54) is 30.5 Å². The lowest BCUT2D eigenvalue weighted by Gasteiger charge is -2.11. The standard InChI is InChI=1S/C22H26N2O2S/c1-15-11-16(2)13-17(12-15)24-27(25,26)18-9-10-22-20(14-18)19-7-5-3-4-6-8-21(19)23-22/h9-14,23-24H,3-8H2,1-2H3. The Balaban J connectivity index is 1.73. The second-order valence-electron chi connectivity index (χ2n) is 7.69. The van der Waals surface area contributed by atoms with Gasteiger partial charge in [-0.2, -0.15) is 0 Å². The van der Waals surface area contributed by atoms with Gasteiger partial charge in [0, 0.05) is 22.3 Å². The maximum atomic E-state index is 13.0. The molecule has 2 N–H and O–H groups in total. The van der Waals surface area contributed by atoms with Gasteiger partial charge in [0.1, 0.15) is 0 Å². The van der Waals surface area contributed by atoms with Crippen molar-refractivity contribution in [1.29, 1.82) is 0 Å². The molecule has 0 fully saturated rings. The van der Waals surface area contributed by atoms with Crippen molar-refractivity contribution < 1.29 is 8.42 Å². The number of H-pyrrole nitrogens is 1. The minimum absolute atomic E-state index is 0.318. The van der Waals surface area contributed by atoms with E-state index in [4.69, 9.17) is 0 Å². The van der Waals surface area contributed by atoms with E-state index in [0.717, 1.165) is 41.3 Å². The Bertz CT molecular complexity index is 1080. The molecule has 1 aromatic heterocycles. The van der Waals surface area contributed by atoms with Gasteiger partial charge in [-0.15, -0.1) is 0 Å². The van der Waals surface area contributed by atoms with Crippen LogP contribution < -0.4 is 4.72 Å². The van der Waals surface area contributed by atoms with Crippen LogP contribution in [-0.4, -0.2) is 13.4 Å². The number of benzene rings is 2. The Kier molecular flexibility index (Phi) is 4.72. The van der Waals surface area contributed by atoms with E-state index in [-0.39, 0.29) is 0 Å². The summed E-state index contributed by atoms with van der Waals surface area (Å²) in [5, 5.41) is 1.05. The van der Waals surface area contributed by atoms with E-state index in [9.17, 15) is 8.42 Å². The first kappa shape index (κ1) is 18.1. The highest BCUT2D eigenvalue weighted by Gasteiger charge is 2.19. The smallest absolute Gasteiger partial charge is 0.261 e. The van der Waals surface area contributed by atoms with Crippen molar-refractivity contribution in [3.8, 4) is 0 Å². The molecule has 0 atom stereocenters. The Hall–Kier alpha value is -2.27. The minimum atomic E-state index is -3.62. The SMILES string of the molecule is Cc1cc(C)cc(NS(=O)(=O)c2ccc3[nH]c4c(c3c2)CCCCCC4)c1. The van der Waals surface area contributed by atoms with Crippen LogP contribution in [0.2, 0.25) is 0 Å². The van der Waals surface area contributed by atoms with Crippen LogP contribution in [0.25, 0.3) is 10.9 Å². The molecule has 4 rings (SSSR count). The summed E-state index contributed by atoms with van der Waals surface area (Å²) in [5.41, 5.74) is 6.30. The van der Waals surface area contributed by atoms with E-state index in [1.807, 2.05) is 44.2 Å². The topological polar surface area (TPSA) is 62.0 Å². The molecule has 0 aliphatic heterocycles. The van der Waals surface area contributed by atoms with E-state index in [2.05, 4.69) is 9.71 Å². The summed E-state index contributed by atoms with van der Waals surface area (Å²) >= 11 is 0. The molecule has 142 valence electrons. The van der Waals surface area contributed by atoms with Gasteiger partial charge in [0.25, 0.3) is 10.0 Å². The number of aryl methyl sites for hydroxylation is 4. The molecule has 0 spiro atoms. The predicted octanol–water partition coefficient (Wildman–Crippen LogP) is 5.24. The molecule has 27 heavy (non-hydrogen) atoms. The maximum absolute atomic E-state index is 13.0. The third-order valence-corrected chi connectivity index (χ3v) is 6.73. The van der Waals surface area contributed by atoms with Crippen molar-refractivity contribution in [3.63, 3.8) is 0 Å². The van der Waals surface area contributed by atoms with E-state index in [0.29, 0.717) is 10.6 Å². The van der Waals surface area contributed by atoms with Crippen molar-refractivity contribution in [2.24, 2.45) is 0 Å². The highest BCUT2D eigenvalue weighted by atomic mass is 32.2. The first-order valence-electron chi connectivity index (χ1n) is 9.67. The molecule has 1 aliphatic carbocycles. The fraction of sp³-hybridized carbons (Fsp3) is 0.364. The molecule has 5 heteroatoms. The molecular formula is C22H26N2O2S. The number of aromatic nitrogens is 1. The predicted molar refractivity (Wildman–Crippen MR) is 111 cm³/mol. The van der Waals surface area contributed by atoms with E-state index in [1.54, 1.807) is 6.07 Å². The van der Waals surface area contributed by atoms with Crippen LogP contribution in [0.15, 0.2) is 41.3 Å². The molecule has 4 nitrogen and oxygen atoms in total. The zero-order valence-electron chi connectivity index (χ0n) is 15.9. The average molecular weight is 383 g/mol. The van der Waals surface area contributed by atoms with Gasteiger partial charge in [-0.05, 0) is 86.6 Å². The van der Waals surface area contributed by atoms with Crippen molar-refractivity contribution >= 4 is 26.6 Å². The molecule has 2 aromatic carbocycles. The average Bonchev–Trinajstić information content (AvgIpc) is 2.89. The van der Waals surface area contributed by atoms with Crippen LogP contribution in [-0.2, 0) is 22.9 Å². The van der Waals surface area contributed by atoms with Gasteiger partial charge in [0.05, 0.1) is 4.90 Å². The molecular weight excluding hydrogens is 356 g/mol. The lowest BCUT2D eigenvalue weighted by atomic mass is 9.97. The summed E-state index contributed by atoms with van der Waals surface area (Å²) < 4.78 is 28.7. The number of rotatable bonds is 3. The zero-order chi connectivity index (χ0) is 19.0. The van der Waals surface area contributed by atoms with Gasteiger partial charge >= 0.3 is 0 Å². The summed E-state index contributed by atoms with van der Waals surface area (Å²) in [7, 11) is -3.62. The third-order valence-electron chi connectivity index (χ3n) is 5.35. The highest BCUT2D eigenvalue weighted by Crippen LogP contribution is 2.30. The molecule has 1 heterocycles. The largest absolute Gasteiger partial charge is 0.358 e. The minimum Gasteiger partial charge on any atom is -0.358 e. The van der Waals surface area contributed by atoms with Crippen molar-refractivity contribution in [3.05, 3.63) is 58.8 Å². The van der Waals surface area contributed by atoms with Crippen LogP contribution in [0.5, 0.6) is 0 Å². The number of anilines is 1. The van der Waals surface area contributed by atoms with Gasteiger partial charge in [-0.1, -0.05) is 18.9 Å². The highest BCUT2D eigenvalue weighted by molar-refractivity contribution is 7.92. The van der Waals surface area contributed by atoms with Gasteiger partial charge < -0.3 is 4.98 Å². The Morgan fingerprint density at radius 2 is 1.59 bits per heavy atom. The molecule has 1 aliphatic rings. The third kappa shape index (κ3) is 3.74. The van der Waals surface area contributed by atoms with Gasteiger partial charge in [-0.3, -0.25) is 4.72 Å². The normalized spacial score (nSPS) is 15.2. The first-order valence-corrected chi connectivity index (χ1v) is 11.2. The fourth-order valence-corrected chi connectivity index (χ4v) is 5.22. The molecule has 0 saturated heterocycles. The van der Waals surface area contributed by atoms with E-state index >= 15 is 0 Å². The lowest BCUT2D eigenvalue weighted by molar-refractivity contribution is 0.601. The Morgan fingerprint density at radius 1 is 0.889 bits per heavy atom. The first-order chi connectivity index (χ1) is 12.9. The summed E-state index contributed by atoms with van der Waals surface area (Å²) in [6.07, 6.45) is 6.94. The number of fused-ring (bicyclic) bond motifs is 3. The quantitative estimate of drug-likeness (QED) is 0.650. The van der Waals surface area contributed by atoms with Gasteiger partial charge in [0.2, 0.25) is 0 Å². The van der Waals surface area contributed by atoms with E-state index < -0.39 is 10.0 Å². The van der Waals surface area contributed by atoms with Crippen molar-refractivity contribution in [2.45, 2.75) is 57.3 Å². The molecule has 0 saturated carbocycles. The molecule has 0 amide bonds. The zero-order valence-corrected chi connectivity index (χ0v) is 16.7. The van der Waals surface area contributed by atoms with Crippen LogP contribution >= 0.6 is 0 Å².